The van der Waals surface area contributed by atoms with E-state index in [4.69, 9.17) is 14.2 Å². The van der Waals surface area contributed by atoms with E-state index in [1.807, 2.05) is 29.2 Å². The van der Waals surface area contributed by atoms with Crippen LogP contribution in [-0.4, -0.2) is 59.7 Å². The van der Waals surface area contributed by atoms with Gasteiger partial charge in [-0.25, -0.2) is 8.78 Å². The minimum atomic E-state index is -0.929. The van der Waals surface area contributed by atoms with Crippen LogP contribution >= 0.6 is 0 Å². The highest BCUT2D eigenvalue weighted by Gasteiger charge is 2.29. The van der Waals surface area contributed by atoms with Crippen molar-refractivity contribution in [2.75, 3.05) is 20.2 Å². The maximum Gasteiger partial charge on any atom is 0.144 e. The summed E-state index contributed by atoms with van der Waals surface area (Å²) < 4.78 is 44.2. The molecule has 0 aromatic heterocycles. The number of nitrogens with zero attached hydrogens (tertiary/aromatic N) is 1. The molecule has 38 heavy (non-hydrogen) atoms. The predicted molar refractivity (Wildman–Crippen MR) is 140 cm³/mol. The lowest BCUT2D eigenvalue weighted by Gasteiger charge is -2.33. The summed E-state index contributed by atoms with van der Waals surface area (Å²) in [6.45, 7) is 0.814. The summed E-state index contributed by atoms with van der Waals surface area (Å²) in [7, 11) is 1.60. The summed E-state index contributed by atoms with van der Waals surface area (Å²) in [5.41, 5.74) is 2.19. The Morgan fingerprint density at radius 3 is 1.76 bits per heavy atom. The molecular weight excluding hydrogens is 492 g/mol. The highest BCUT2D eigenvalue weighted by atomic mass is 19.1. The van der Waals surface area contributed by atoms with E-state index >= 15 is 0 Å². The Morgan fingerprint density at radius 1 is 0.789 bits per heavy atom. The van der Waals surface area contributed by atoms with E-state index < -0.39 is 24.4 Å². The molecule has 5 rings (SSSR count). The zero-order valence-electron chi connectivity index (χ0n) is 20.8. The van der Waals surface area contributed by atoms with Gasteiger partial charge in [-0.05, 0) is 66.2 Å². The summed E-state index contributed by atoms with van der Waals surface area (Å²) in [4.78, 5) is 1.92. The zero-order chi connectivity index (χ0) is 26.6. The first-order valence-corrected chi connectivity index (χ1v) is 12.4. The molecule has 2 heterocycles. The first-order chi connectivity index (χ1) is 18.4. The van der Waals surface area contributed by atoms with Gasteiger partial charge in [-0.15, -0.1) is 0 Å². The van der Waals surface area contributed by atoms with Crippen LogP contribution in [0.15, 0.2) is 72.8 Å². The van der Waals surface area contributed by atoms with Gasteiger partial charge in [-0.3, -0.25) is 4.90 Å². The Balaban J connectivity index is 1.29. The highest BCUT2D eigenvalue weighted by Crippen LogP contribution is 2.29. The van der Waals surface area contributed by atoms with Crippen LogP contribution < -0.4 is 14.2 Å². The third-order valence-corrected chi connectivity index (χ3v) is 6.61. The van der Waals surface area contributed by atoms with Crippen LogP contribution in [0.5, 0.6) is 17.2 Å². The molecule has 2 aliphatic heterocycles. The van der Waals surface area contributed by atoms with Gasteiger partial charge in [0.2, 0.25) is 0 Å². The fraction of sp³-hybridized carbons (Fsp3) is 0.267. The average Bonchev–Trinajstić information content (AvgIpc) is 2.92. The normalized spacial score (nSPS) is 19.2. The van der Waals surface area contributed by atoms with E-state index in [9.17, 15) is 19.0 Å². The van der Waals surface area contributed by atoms with Gasteiger partial charge in [0, 0.05) is 30.8 Å². The van der Waals surface area contributed by atoms with Crippen molar-refractivity contribution in [3.8, 4) is 17.2 Å². The second-order valence-electron chi connectivity index (χ2n) is 9.42. The molecule has 0 aliphatic carbocycles. The van der Waals surface area contributed by atoms with Gasteiger partial charge in [-0.1, -0.05) is 24.3 Å². The third kappa shape index (κ3) is 6.05. The van der Waals surface area contributed by atoms with Crippen molar-refractivity contribution >= 4 is 12.2 Å². The maximum absolute atomic E-state index is 13.5. The zero-order valence-corrected chi connectivity index (χ0v) is 20.8. The first-order valence-electron chi connectivity index (χ1n) is 12.4. The van der Waals surface area contributed by atoms with E-state index in [-0.39, 0.29) is 24.7 Å². The Bertz CT molecular complexity index is 1250. The minimum Gasteiger partial charge on any atom is -0.497 e. The molecule has 0 bridgehead atoms. The molecule has 0 radical (unpaired) electrons. The number of benzene rings is 3. The molecule has 4 unspecified atom stereocenters. The maximum atomic E-state index is 13.5. The van der Waals surface area contributed by atoms with Crippen LogP contribution in [0.2, 0.25) is 0 Å². The van der Waals surface area contributed by atoms with Crippen LogP contribution in [0, 0.1) is 11.6 Å². The van der Waals surface area contributed by atoms with Gasteiger partial charge in [0.15, 0.2) is 0 Å². The number of fused-ring (bicyclic) bond motifs is 2. The van der Waals surface area contributed by atoms with E-state index in [0.29, 0.717) is 29.2 Å². The largest absolute Gasteiger partial charge is 0.497 e. The lowest BCUT2D eigenvalue weighted by molar-refractivity contribution is -0.00267. The predicted octanol–water partition coefficient (Wildman–Crippen LogP) is 4.45. The number of ether oxygens (including phenoxy) is 3. The molecule has 4 atom stereocenters. The lowest BCUT2D eigenvalue weighted by atomic mass is 10.0. The molecule has 3 aromatic rings. The van der Waals surface area contributed by atoms with Crippen LogP contribution in [0.3, 0.4) is 0 Å². The summed E-state index contributed by atoms with van der Waals surface area (Å²) >= 11 is 0. The molecule has 0 amide bonds. The van der Waals surface area contributed by atoms with Crippen molar-refractivity contribution in [1.29, 1.82) is 0 Å². The number of halogens is 2. The topological polar surface area (TPSA) is 71.4 Å². The van der Waals surface area contributed by atoms with Crippen LogP contribution in [0.1, 0.15) is 16.7 Å². The molecule has 0 saturated carbocycles. The van der Waals surface area contributed by atoms with E-state index in [0.717, 1.165) is 11.3 Å². The second-order valence-corrected chi connectivity index (χ2v) is 9.42. The van der Waals surface area contributed by atoms with E-state index in [1.165, 1.54) is 24.3 Å². The fourth-order valence-electron chi connectivity index (χ4n) is 4.63. The van der Waals surface area contributed by atoms with Gasteiger partial charge < -0.3 is 24.4 Å². The van der Waals surface area contributed by atoms with Gasteiger partial charge in [0.1, 0.15) is 53.3 Å². The standard InChI is InChI=1S/C30H29F2NO5/c1-36-24-8-2-19(3-9-24)16-33(17-25(34)29-10-4-20-14-22(31)6-12-27(20)37-29)18-26(35)30-11-5-21-15-23(32)7-13-28(21)38-30/h2-15,25-26,29-30,34-35H,16-18H2,1H3. The Kier molecular flexibility index (Phi) is 7.74. The number of hydrogen-bond donors (Lipinski definition) is 2. The van der Waals surface area contributed by atoms with Crippen molar-refractivity contribution in [2.45, 2.75) is 31.0 Å². The summed E-state index contributed by atoms with van der Waals surface area (Å²) in [5.74, 6) is 1.00. The lowest BCUT2D eigenvalue weighted by Crippen LogP contribution is -2.46. The number of aliphatic hydroxyl groups is 2. The fourth-order valence-corrected chi connectivity index (χ4v) is 4.63. The van der Waals surface area contributed by atoms with Crippen LogP contribution in [0.4, 0.5) is 8.78 Å². The Labute approximate surface area is 220 Å². The van der Waals surface area contributed by atoms with Crippen molar-refractivity contribution in [1.82, 2.24) is 4.90 Å². The molecule has 8 heteroatoms. The summed E-state index contributed by atoms with van der Waals surface area (Å²) in [5, 5.41) is 22.2. The van der Waals surface area contributed by atoms with Crippen molar-refractivity contribution in [3.63, 3.8) is 0 Å². The number of methoxy groups -OCH3 is 1. The van der Waals surface area contributed by atoms with Crippen molar-refractivity contribution < 1.29 is 33.2 Å². The smallest absolute Gasteiger partial charge is 0.144 e. The van der Waals surface area contributed by atoms with Gasteiger partial charge in [0.25, 0.3) is 0 Å². The van der Waals surface area contributed by atoms with Gasteiger partial charge in [0.05, 0.1) is 7.11 Å². The van der Waals surface area contributed by atoms with Crippen LogP contribution in [-0.2, 0) is 6.54 Å². The average molecular weight is 522 g/mol. The molecule has 2 aliphatic rings. The third-order valence-electron chi connectivity index (χ3n) is 6.61. The SMILES string of the molecule is COc1ccc(CN(CC(O)C2C=Cc3cc(F)ccc3O2)CC(O)C2C=Cc3cc(F)ccc3O2)cc1. The van der Waals surface area contributed by atoms with E-state index in [2.05, 4.69) is 0 Å². The molecule has 2 N–H and O–H groups in total. The highest BCUT2D eigenvalue weighted by molar-refractivity contribution is 5.61. The molecule has 0 spiro atoms. The number of rotatable bonds is 9. The Hall–Kier alpha value is -3.72. The molecular formula is C30H29F2NO5. The summed E-state index contributed by atoms with van der Waals surface area (Å²) in [6.07, 6.45) is 3.74. The molecule has 6 nitrogen and oxygen atoms in total. The molecule has 0 fully saturated rings. The van der Waals surface area contributed by atoms with Crippen molar-refractivity contribution in [3.05, 3.63) is 101 Å². The quantitative estimate of drug-likeness (QED) is 0.434. The van der Waals surface area contributed by atoms with Crippen molar-refractivity contribution in [2.24, 2.45) is 0 Å². The monoisotopic (exact) mass is 521 g/mol. The molecule has 0 saturated heterocycles. The van der Waals surface area contributed by atoms with Crippen LogP contribution in [0.25, 0.3) is 12.2 Å². The first kappa shape index (κ1) is 25.9. The number of aliphatic hydroxyl groups excluding tert-OH is 2. The molecule has 3 aromatic carbocycles. The van der Waals surface area contributed by atoms with Gasteiger partial charge in [-0.2, -0.15) is 0 Å². The van der Waals surface area contributed by atoms with E-state index in [1.54, 1.807) is 43.5 Å². The Morgan fingerprint density at radius 2 is 1.29 bits per heavy atom. The number of hydrogen-bond acceptors (Lipinski definition) is 6. The second kappa shape index (κ2) is 11.3. The molecule has 198 valence electrons. The summed E-state index contributed by atoms with van der Waals surface area (Å²) in [6, 6.07) is 16.0. The van der Waals surface area contributed by atoms with Gasteiger partial charge >= 0.3 is 0 Å². The minimum absolute atomic E-state index is 0.187.